The molecule has 1 amide bonds. The van der Waals surface area contributed by atoms with Gasteiger partial charge in [0.2, 0.25) is 0 Å². The van der Waals surface area contributed by atoms with Crippen molar-refractivity contribution in [1.82, 2.24) is 15.0 Å². The van der Waals surface area contributed by atoms with E-state index in [9.17, 15) is 13.2 Å². The van der Waals surface area contributed by atoms with E-state index in [0.717, 1.165) is 11.6 Å². The number of pyridine rings is 3. The van der Waals surface area contributed by atoms with Crippen LogP contribution in [0, 0.1) is 11.3 Å². The first-order valence-corrected chi connectivity index (χ1v) is 12.6. The number of sulfone groups is 1. The third-order valence-corrected chi connectivity index (χ3v) is 6.64. The number of halogens is 2. The van der Waals surface area contributed by atoms with Gasteiger partial charge in [0.25, 0.3) is 5.91 Å². The third kappa shape index (κ3) is 5.02. The molecule has 2 N–H and O–H groups in total. The van der Waals surface area contributed by atoms with E-state index >= 15 is 0 Å². The van der Waals surface area contributed by atoms with Crippen molar-refractivity contribution in [2.24, 2.45) is 0 Å². The molecule has 0 saturated heterocycles. The predicted molar refractivity (Wildman–Crippen MR) is 133 cm³/mol. The highest BCUT2D eigenvalue weighted by molar-refractivity contribution is 7.90. The van der Waals surface area contributed by atoms with Crippen molar-refractivity contribution < 1.29 is 13.2 Å². The van der Waals surface area contributed by atoms with Crippen LogP contribution in [0.15, 0.2) is 59.9 Å². The molecule has 0 unspecified atom stereocenters. The second-order valence-corrected chi connectivity index (χ2v) is 10.3. The van der Waals surface area contributed by atoms with E-state index in [1.165, 1.54) is 35.5 Å². The van der Waals surface area contributed by atoms with Gasteiger partial charge in [0.05, 0.1) is 33.4 Å². The second kappa shape index (κ2) is 9.46. The summed E-state index contributed by atoms with van der Waals surface area (Å²) in [5, 5.41) is 9.88. The van der Waals surface area contributed by atoms with Gasteiger partial charge in [-0.25, -0.2) is 23.4 Å². The number of aromatic nitrogens is 3. The summed E-state index contributed by atoms with van der Waals surface area (Å²) in [5.74, 6) is -0.431. The molecule has 9 nitrogen and oxygen atoms in total. The normalized spacial score (nSPS) is 11.3. The number of nitrogens with two attached hydrogens (primary N) is 1. The molecular formula is C23H16Cl2N6O3S. The van der Waals surface area contributed by atoms with Gasteiger partial charge >= 0.3 is 0 Å². The average Bonchev–Trinajstić information content (AvgIpc) is 2.82. The lowest BCUT2D eigenvalue weighted by Gasteiger charge is -2.24. The molecule has 35 heavy (non-hydrogen) atoms. The fraction of sp³-hybridized carbons (Fsp3) is 0.0870. The SMILES string of the molecule is CS(=O)(=O)c1ncccc1N(Cc1ccc2cc(Cl)c(N)nc2c1)C(=O)c1cnc(C#N)c(Cl)c1. The molecule has 0 saturated carbocycles. The van der Waals surface area contributed by atoms with Crippen molar-refractivity contribution in [1.29, 1.82) is 5.26 Å². The van der Waals surface area contributed by atoms with Gasteiger partial charge in [0, 0.05) is 24.0 Å². The summed E-state index contributed by atoms with van der Waals surface area (Å²) in [6.45, 7) is -0.0369. The van der Waals surface area contributed by atoms with Gasteiger partial charge in [0.1, 0.15) is 11.9 Å². The molecule has 1 aromatic carbocycles. The molecule has 4 aromatic rings. The minimum Gasteiger partial charge on any atom is -0.382 e. The van der Waals surface area contributed by atoms with Crippen molar-refractivity contribution >= 4 is 61.4 Å². The first-order chi connectivity index (χ1) is 16.6. The molecule has 0 bridgehead atoms. The molecule has 176 valence electrons. The van der Waals surface area contributed by atoms with Gasteiger partial charge in [0.15, 0.2) is 20.6 Å². The van der Waals surface area contributed by atoms with E-state index in [2.05, 4.69) is 15.0 Å². The number of nitrogens with zero attached hydrogens (tertiary/aromatic N) is 5. The largest absolute Gasteiger partial charge is 0.382 e. The van der Waals surface area contributed by atoms with Gasteiger partial charge in [-0.1, -0.05) is 35.3 Å². The van der Waals surface area contributed by atoms with Crippen molar-refractivity contribution in [3.05, 3.63) is 81.7 Å². The summed E-state index contributed by atoms with van der Waals surface area (Å²) in [6, 6.07) is 13.1. The molecule has 3 heterocycles. The minimum absolute atomic E-state index is 0.00455. The van der Waals surface area contributed by atoms with Crippen molar-refractivity contribution in [3.8, 4) is 6.07 Å². The Morgan fingerprint density at radius 3 is 2.60 bits per heavy atom. The lowest BCUT2D eigenvalue weighted by Crippen LogP contribution is -2.32. The number of fused-ring (bicyclic) bond motifs is 1. The Balaban J connectivity index is 1.85. The summed E-state index contributed by atoms with van der Waals surface area (Å²) in [7, 11) is -3.78. The highest BCUT2D eigenvalue weighted by Gasteiger charge is 2.26. The molecule has 12 heteroatoms. The summed E-state index contributed by atoms with van der Waals surface area (Å²) in [6.07, 6.45) is 3.55. The van der Waals surface area contributed by atoms with Crippen LogP contribution in [0.4, 0.5) is 11.5 Å². The highest BCUT2D eigenvalue weighted by atomic mass is 35.5. The number of anilines is 2. The maximum absolute atomic E-state index is 13.6. The Hall–Kier alpha value is -3.78. The molecule has 0 aliphatic heterocycles. The Kier molecular flexibility index (Phi) is 6.58. The fourth-order valence-corrected chi connectivity index (χ4v) is 4.59. The Morgan fingerprint density at radius 1 is 1.14 bits per heavy atom. The number of benzene rings is 1. The van der Waals surface area contributed by atoms with Gasteiger partial charge in [-0.3, -0.25) is 4.79 Å². The third-order valence-electron chi connectivity index (χ3n) is 5.04. The molecule has 0 aliphatic carbocycles. The minimum atomic E-state index is -3.78. The van der Waals surface area contributed by atoms with Crippen LogP contribution in [-0.2, 0) is 16.4 Å². The summed E-state index contributed by atoms with van der Waals surface area (Å²) in [5.41, 5.74) is 7.12. The van der Waals surface area contributed by atoms with Gasteiger partial charge in [-0.15, -0.1) is 0 Å². The molecule has 4 rings (SSSR count). The number of rotatable bonds is 5. The van der Waals surface area contributed by atoms with Crippen molar-refractivity contribution in [3.63, 3.8) is 0 Å². The van der Waals surface area contributed by atoms with E-state index in [4.69, 9.17) is 34.2 Å². The molecule has 0 spiro atoms. The Morgan fingerprint density at radius 2 is 1.91 bits per heavy atom. The monoisotopic (exact) mass is 526 g/mol. The van der Waals surface area contributed by atoms with Crippen molar-refractivity contribution in [2.45, 2.75) is 11.6 Å². The van der Waals surface area contributed by atoms with Crippen molar-refractivity contribution in [2.75, 3.05) is 16.9 Å². The van der Waals surface area contributed by atoms with Crippen LogP contribution < -0.4 is 10.6 Å². The average molecular weight is 527 g/mol. The maximum atomic E-state index is 13.6. The predicted octanol–water partition coefficient (Wildman–Crippen LogP) is 4.04. The number of nitrogen functional groups attached to an aromatic ring is 1. The lowest BCUT2D eigenvalue weighted by molar-refractivity contribution is 0.0984. The molecule has 0 fully saturated rings. The zero-order chi connectivity index (χ0) is 25.3. The van der Waals surface area contributed by atoms with Crippen LogP contribution in [0.25, 0.3) is 10.9 Å². The number of hydrogen-bond donors (Lipinski definition) is 1. The first kappa shape index (κ1) is 24.3. The zero-order valence-electron chi connectivity index (χ0n) is 18.1. The molecule has 3 aromatic heterocycles. The Labute approximate surface area is 210 Å². The standard InChI is InChI=1S/C23H16Cl2N6O3S/c1-35(33,34)22-20(3-2-6-28-22)31(23(32)15-9-16(24)19(10-26)29-11-15)12-13-4-5-14-8-17(25)21(27)30-18(14)7-13/h2-9,11H,12H2,1H3,(H2,27,30). The summed E-state index contributed by atoms with van der Waals surface area (Å²) < 4.78 is 24.9. The first-order valence-electron chi connectivity index (χ1n) is 9.95. The van der Waals surface area contributed by atoms with E-state index in [1.807, 2.05) is 6.07 Å². The Bertz CT molecular complexity index is 1640. The maximum Gasteiger partial charge on any atom is 0.260 e. The molecule has 0 radical (unpaired) electrons. The van der Waals surface area contributed by atoms with Crippen LogP contribution in [0.1, 0.15) is 21.6 Å². The smallest absolute Gasteiger partial charge is 0.260 e. The topological polar surface area (TPSA) is 143 Å². The summed E-state index contributed by atoms with van der Waals surface area (Å²) in [4.78, 5) is 27.1. The van der Waals surface area contributed by atoms with Gasteiger partial charge < -0.3 is 10.6 Å². The fourth-order valence-electron chi connectivity index (χ4n) is 3.42. The molecular weight excluding hydrogens is 511 g/mol. The van der Waals surface area contributed by atoms with Gasteiger partial charge in [-0.05, 0) is 35.9 Å². The number of hydrogen-bond acceptors (Lipinski definition) is 8. The summed E-state index contributed by atoms with van der Waals surface area (Å²) >= 11 is 12.1. The van der Waals surface area contributed by atoms with Gasteiger partial charge in [-0.2, -0.15) is 5.26 Å². The van der Waals surface area contributed by atoms with Crippen LogP contribution in [0.5, 0.6) is 0 Å². The van der Waals surface area contributed by atoms with Crippen LogP contribution in [0.2, 0.25) is 10.0 Å². The lowest BCUT2D eigenvalue weighted by atomic mass is 10.1. The number of nitriles is 1. The van der Waals surface area contributed by atoms with E-state index in [0.29, 0.717) is 16.1 Å². The van der Waals surface area contributed by atoms with Crippen LogP contribution in [-0.4, -0.2) is 35.5 Å². The van der Waals surface area contributed by atoms with Crippen LogP contribution in [0.3, 0.4) is 0 Å². The van der Waals surface area contributed by atoms with Crippen LogP contribution >= 0.6 is 23.2 Å². The van der Waals surface area contributed by atoms with E-state index < -0.39 is 15.7 Å². The molecule has 0 atom stereocenters. The van der Waals surface area contributed by atoms with E-state index in [1.54, 1.807) is 24.3 Å². The second-order valence-electron chi connectivity index (χ2n) is 7.54. The quantitative estimate of drug-likeness (QED) is 0.410. The molecule has 0 aliphatic rings. The number of amides is 1. The zero-order valence-corrected chi connectivity index (χ0v) is 20.4. The van der Waals surface area contributed by atoms with E-state index in [-0.39, 0.29) is 39.4 Å². The highest BCUT2D eigenvalue weighted by Crippen LogP contribution is 2.29. The number of carbonyl (C=O) groups is 1. The number of carbonyl (C=O) groups excluding carboxylic acids is 1.